The molecular weight excluding hydrogens is 327 g/mol. The quantitative estimate of drug-likeness (QED) is 0.652. The maximum atomic E-state index is 12.3. The number of thiazole rings is 1. The maximum Gasteiger partial charge on any atom is 0.281 e. The van der Waals surface area contributed by atoms with Crippen LogP contribution in [0.25, 0.3) is 10.2 Å². The molecule has 0 saturated heterocycles. The molecule has 1 amide bonds. The fraction of sp³-hybridized carbons (Fsp3) is 0.0667. The summed E-state index contributed by atoms with van der Waals surface area (Å²) in [6, 6.07) is 12.5. The molecule has 1 aromatic heterocycles. The molecule has 0 saturated carbocycles. The van der Waals surface area contributed by atoms with Crippen LogP contribution in [0.5, 0.6) is 0 Å². The van der Waals surface area contributed by atoms with Crippen LogP contribution in [0.1, 0.15) is 10.4 Å². The predicted molar refractivity (Wildman–Crippen MR) is 87.2 cm³/mol. The number of hydrogen-bond acceptors (Lipinski definition) is 2. The topological polar surface area (TPSA) is 34.4 Å². The standard InChI is InChI=1S/C15H10Cl2N2OS/c1-19-13-11(17)7-4-8-12(13)21-15(19)18-14(20)9-5-2-3-6-10(9)16/h2-8H,1H3. The van der Waals surface area contributed by atoms with E-state index in [1.165, 1.54) is 11.3 Å². The molecule has 0 N–H and O–H groups in total. The van der Waals surface area contributed by atoms with E-state index in [4.69, 9.17) is 23.2 Å². The second-order valence-electron chi connectivity index (χ2n) is 4.43. The van der Waals surface area contributed by atoms with Crippen LogP contribution >= 0.6 is 34.5 Å². The lowest BCUT2D eigenvalue weighted by Crippen LogP contribution is -2.13. The number of amides is 1. The van der Waals surface area contributed by atoms with Gasteiger partial charge in [0.2, 0.25) is 0 Å². The average molecular weight is 337 g/mol. The normalized spacial score (nSPS) is 12.0. The van der Waals surface area contributed by atoms with Gasteiger partial charge in [-0.05, 0) is 24.3 Å². The Morgan fingerprint density at radius 3 is 2.52 bits per heavy atom. The Balaban J connectivity index is 2.17. The number of nitrogens with zero attached hydrogens (tertiary/aromatic N) is 2. The van der Waals surface area contributed by atoms with E-state index in [1.54, 1.807) is 24.3 Å². The molecule has 2 aromatic carbocycles. The summed E-state index contributed by atoms with van der Waals surface area (Å²) < 4.78 is 2.80. The summed E-state index contributed by atoms with van der Waals surface area (Å²) >= 11 is 13.6. The largest absolute Gasteiger partial charge is 0.318 e. The number of carbonyl (C=O) groups excluding carboxylic acids is 1. The number of carbonyl (C=O) groups is 1. The van der Waals surface area contributed by atoms with E-state index in [9.17, 15) is 4.79 Å². The van der Waals surface area contributed by atoms with Crippen LogP contribution in [-0.2, 0) is 7.05 Å². The second-order valence-corrected chi connectivity index (χ2v) is 6.25. The van der Waals surface area contributed by atoms with Crippen LogP contribution in [0.4, 0.5) is 0 Å². The van der Waals surface area contributed by atoms with Crippen molar-refractivity contribution in [2.75, 3.05) is 0 Å². The summed E-state index contributed by atoms with van der Waals surface area (Å²) in [6.07, 6.45) is 0. The van der Waals surface area contributed by atoms with Crippen molar-refractivity contribution < 1.29 is 4.79 Å². The molecule has 0 aliphatic rings. The van der Waals surface area contributed by atoms with Gasteiger partial charge in [0.25, 0.3) is 5.91 Å². The van der Waals surface area contributed by atoms with Crippen molar-refractivity contribution in [2.24, 2.45) is 12.0 Å². The number of halogens is 2. The minimum absolute atomic E-state index is 0.362. The Labute approximate surface area is 135 Å². The third-order valence-electron chi connectivity index (χ3n) is 3.07. The smallest absolute Gasteiger partial charge is 0.281 e. The molecule has 0 atom stereocenters. The van der Waals surface area contributed by atoms with Crippen LogP contribution < -0.4 is 4.80 Å². The van der Waals surface area contributed by atoms with Crippen molar-refractivity contribution in [3.63, 3.8) is 0 Å². The zero-order valence-electron chi connectivity index (χ0n) is 11.0. The van der Waals surface area contributed by atoms with Gasteiger partial charge < -0.3 is 4.57 Å². The Morgan fingerprint density at radius 1 is 1.10 bits per heavy atom. The molecule has 3 aromatic rings. The predicted octanol–water partition coefficient (Wildman–Crippen LogP) is 4.29. The fourth-order valence-electron chi connectivity index (χ4n) is 2.05. The van der Waals surface area contributed by atoms with E-state index in [0.29, 0.717) is 20.4 Å². The molecule has 0 spiro atoms. The van der Waals surface area contributed by atoms with Gasteiger partial charge in [-0.15, -0.1) is 0 Å². The summed E-state index contributed by atoms with van der Waals surface area (Å²) in [4.78, 5) is 17.0. The Morgan fingerprint density at radius 2 is 1.81 bits per heavy atom. The first-order chi connectivity index (χ1) is 10.1. The van der Waals surface area contributed by atoms with Crippen molar-refractivity contribution in [2.45, 2.75) is 0 Å². The van der Waals surface area contributed by atoms with E-state index in [2.05, 4.69) is 4.99 Å². The van der Waals surface area contributed by atoms with Crippen LogP contribution in [0.3, 0.4) is 0 Å². The minimum atomic E-state index is -0.362. The van der Waals surface area contributed by atoms with E-state index >= 15 is 0 Å². The van der Waals surface area contributed by atoms with Gasteiger partial charge in [-0.2, -0.15) is 4.99 Å². The van der Waals surface area contributed by atoms with Gasteiger partial charge in [0.1, 0.15) is 0 Å². The Hall–Kier alpha value is -1.62. The number of aromatic nitrogens is 1. The molecule has 0 bridgehead atoms. The third kappa shape index (κ3) is 2.62. The highest BCUT2D eigenvalue weighted by atomic mass is 35.5. The Bertz CT molecular complexity index is 911. The number of fused-ring (bicyclic) bond motifs is 1. The molecule has 0 aliphatic carbocycles. The van der Waals surface area contributed by atoms with Crippen molar-refractivity contribution in [3.05, 3.63) is 62.9 Å². The number of rotatable bonds is 1. The van der Waals surface area contributed by atoms with Crippen LogP contribution in [0.2, 0.25) is 10.0 Å². The van der Waals surface area contributed by atoms with Crippen molar-refractivity contribution in [1.82, 2.24) is 4.57 Å². The van der Waals surface area contributed by atoms with Gasteiger partial charge in [0, 0.05) is 7.05 Å². The minimum Gasteiger partial charge on any atom is -0.318 e. The molecule has 0 aliphatic heterocycles. The fourth-order valence-corrected chi connectivity index (χ4v) is 3.66. The number of para-hydroxylation sites is 1. The highest BCUT2D eigenvalue weighted by molar-refractivity contribution is 7.16. The molecule has 6 heteroatoms. The Kier molecular flexibility index (Phi) is 3.85. The van der Waals surface area contributed by atoms with Gasteiger partial charge in [0.15, 0.2) is 4.80 Å². The average Bonchev–Trinajstić information content (AvgIpc) is 2.77. The molecule has 0 fully saturated rings. The third-order valence-corrected chi connectivity index (χ3v) is 4.81. The molecule has 21 heavy (non-hydrogen) atoms. The van der Waals surface area contributed by atoms with Crippen molar-refractivity contribution in [3.8, 4) is 0 Å². The molecule has 3 nitrogen and oxygen atoms in total. The summed E-state index contributed by atoms with van der Waals surface area (Å²) in [6.45, 7) is 0. The summed E-state index contributed by atoms with van der Waals surface area (Å²) in [7, 11) is 1.84. The molecule has 106 valence electrons. The van der Waals surface area contributed by atoms with E-state index in [0.717, 1.165) is 10.2 Å². The number of benzene rings is 2. The first-order valence-electron chi connectivity index (χ1n) is 6.15. The van der Waals surface area contributed by atoms with Gasteiger partial charge in [-0.25, -0.2) is 0 Å². The first-order valence-corrected chi connectivity index (χ1v) is 7.73. The molecule has 0 unspecified atom stereocenters. The van der Waals surface area contributed by atoms with Crippen LogP contribution in [-0.4, -0.2) is 10.5 Å². The lowest BCUT2D eigenvalue weighted by molar-refractivity contribution is 0.0998. The lowest BCUT2D eigenvalue weighted by atomic mass is 10.2. The SMILES string of the molecule is Cn1c(=NC(=O)c2ccccc2Cl)sc2cccc(Cl)c21. The summed E-state index contributed by atoms with van der Waals surface area (Å²) in [5.41, 5.74) is 1.26. The molecular formula is C15H10Cl2N2OS. The van der Waals surface area contributed by atoms with Gasteiger partial charge >= 0.3 is 0 Å². The monoisotopic (exact) mass is 336 g/mol. The van der Waals surface area contributed by atoms with Gasteiger partial charge in [0.05, 0.1) is 25.8 Å². The number of hydrogen-bond donors (Lipinski definition) is 0. The highest BCUT2D eigenvalue weighted by Crippen LogP contribution is 2.24. The maximum absolute atomic E-state index is 12.3. The zero-order chi connectivity index (χ0) is 15.0. The molecule has 3 rings (SSSR count). The van der Waals surface area contributed by atoms with Crippen LogP contribution in [0, 0.1) is 0 Å². The van der Waals surface area contributed by atoms with E-state index in [-0.39, 0.29) is 5.91 Å². The first kappa shape index (κ1) is 14.3. The lowest BCUT2D eigenvalue weighted by Gasteiger charge is -1.99. The van der Waals surface area contributed by atoms with E-state index in [1.807, 2.05) is 29.8 Å². The van der Waals surface area contributed by atoms with Crippen molar-refractivity contribution >= 4 is 50.7 Å². The second kappa shape index (κ2) is 5.64. The summed E-state index contributed by atoms with van der Waals surface area (Å²) in [5, 5.41) is 1.03. The van der Waals surface area contributed by atoms with Crippen molar-refractivity contribution in [1.29, 1.82) is 0 Å². The van der Waals surface area contributed by atoms with Gasteiger partial charge in [-0.1, -0.05) is 52.7 Å². The molecule has 1 heterocycles. The van der Waals surface area contributed by atoms with Gasteiger partial charge in [-0.3, -0.25) is 4.79 Å². The molecule has 0 radical (unpaired) electrons. The van der Waals surface area contributed by atoms with Crippen LogP contribution in [0.15, 0.2) is 47.5 Å². The highest BCUT2D eigenvalue weighted by Gasteiger charge is 2.11. The zero-order valence-corrected chi connectivity index (χ0v) is 13.3. The van der Waals surface area contributed by atoms with E-state index < -0.39 is 0 Å². The summed E-state index contributed by atoms with van der Waals surface area (Å²) in [5.74, 6) is -0.362. The number of aryl methyl sites for hydroxylation is 1.